The first-order chi connectivity index (χ1) is 11.6. The van der Waals surface area contributed by atoms with E-state index in [9.17, 15) is 9.59 Å². The molecule has 2 amide bonds. The summed E-state index contributed by atoms with van der Waals surface area (Å²) in [4.78, 5) is 29.7. The second-order valence-electron chi connectivity index (χ2n) is 7.83. The van der Waals surface area contributed by atoms with E-state index in [1.807, 2.05) is 20.8 Å². The molecule has 1 heterocycles. The molecule has 1 fully saturated rings. The molecule has 0 aromatic heterocycles. The summed E-state index contributed by atoms with van der Waals surface area (Å²) in [5, 5.41) is 8.61. The molecule has 0 aromatic rings. The topological polar surface area (TPSA) is 76.9 Å². The Morgan fingerprint density at radius 1 is 1.28 bits per heavy atom. The number of amides is 2. The lowest BCUT2D eigenvalue weighted by molar-refractivity contribution is -0.131. The summed E-state index contributed by atoms with van der Waals surface area (Å²) < 4.78 is 5.39. The molecule has 7 heteroatoms. The first kappa shape index (κ1) is 21.2. The van der Waals surface area contributed by atoms with Gasteiger partial charge in [-0.3, -0.25) is 9.69 Å². The third-order valence-corrected chi connectivity index (χ3v) is 4.18. The normalized spacial score (nSPS) is 18.3. The van der Waals surface area contributed by atoms with Gasteiger partial charge >= 0.3 is 6.09 Å². The van der Waals surface area contributed by atoms with Crippen molar-refractivity contribution in [3.63, 3.8) is 0 Å². The van der Waals surface area contributed by atoms with Gasteiger partial charge in [-0.25, -0.2) is 4.79 Å². The molecule has 0 radical (unpaired) electrons. The Morgan fingerprint density at radius 2 is 1.96 bits per heavy atom. The second-order valence-corrected chi connectivity index (χ2v) is 7.83. The van der Waals surface area contributed by atoms with Crippen molar-refractivity contribution in [3.05, 3.63) is 0 Å². The number of hydrogen-bond acceptors (Lipinski definition) is 5. The standard InChI is InChI=1S/C18H32N4O3/c1-18(2,3)25-17(24)21(5)12-15-8-6-11-22(13-15)14-16(23)20(4)10-7-9-19/h15H,6-8,10-14H2,1-5H3. The molecule has 1 aliphatic heterocycles. The van der Waals surface area contributed by atoms with Crippen LogP contribution in [0.1, 0.15) is 40.0 Å². The third kappa shape index (κ3) is 8.21. The minimum atomic E-state index is -0.496. The Labute approximate surface area is 151 Å². The minimum absolute atomic E-state index is 0.0383. The maximum Gasteiger partial charge on any atom is 0.410 e. The van der Waals surface area contributed by atoms with E-state index < -0.39 is 5.60 Å². The summed E-state index contributed by atoms with van der Waals surface area (Å²) in [6.45, 7) is 8.72. The van der Waals surface area contributed by atoms with E-state index in [-0.39, 0.29) is 12.0 Å². The molecule has 1 aliphatic rings. The second kappa shape index (κ2) is 9.62. The van der Waals surface area contributed by atoms with E-state index in [1.54, 1.807) is 23.9 Å². The molecule has 0 N–H and O–H groups in total. The molecular formula is C18H32N4O3. The monoisotopic (exact) mass is 352 g/mol. The van der Waals surface area contributed by atoms with E-state index in [0.717, 1.165) is 25.9 Å². The van der Waals surface area contributed by atoms with Crippen LogP contribution in [-0.4, -0.2) is 79.1 Å². The van der Waals surface area contributed by atoms with Crippen molar-refractivity contribution >= 4 is 12.0 Å². The van der Waals surface area contributed by atoms with Crippen LogP contribution >= 0.6 is 0 Å². The van der Waals surface area contributed by atoms with Crippen LogP contribution in [0.5, 0.6) is 0 Å². The lowest BCUT2D eigenvalue weighted by Gasteiger charge is -2.35. The lowest BCUT2D eigenvalue weighted by atomic mass is 9.97. The van der Waals surface area contributed by atoms with Crippen molar-refractivity contribution in [2.45, 2.75) is 45.6 Å². The van der Waals surface area contributed by atoms with Crippen LogP contribution in [0.3, 0.4) is 0 Å². The van der Waals surface area contributed by atoms with Crippen LogP contribution in [0.25, 0.3) is 0 Å². The van der Waals surface area contributed by atoms with Crippen LogP contribution in [0.4, 0.5) is 4.79 Å². The molecule has 7 nitrogen and oxygen atoms in total. The number of carbonyl (C=O) groups is 2. The molecule has 0 saturated carbocycles. The highest BCUT2D eigenvalue weighted by molar-refractivity contribution is 5.78. The van der Waals surface area contributed by atoms with Gasteiger partial charge in [0, 0.05) is 33.7 Å². The van der Waals surface area contributed by atoms with E-state index in [0.29, 0.717) is 32.0 Å². The Bertz CT molecular complexity index is 496. The fourth-order valence-corrected chi connectivity index (χ4v) is 2.90. The summed E-state index contributed by atoms with van der Waals surface area (Å²) in [7, 11) is 3.49. The predicted octanol–water partition coefficient (Wildman–Crippen LogP) is 1.94. The number of carbonyl (C=O) groups excluding carboxylic acids is 2. The molecule has 1 unspecified atom stereocenters. The van der Waals surface area contributed by atoms with Crippen molar-refractivity contribution in [2.24, 2.45) is 5.92 Å². The number of rotatable bonds is 6. The predicted molar refractivity (Wildman–Crippen MR) is 95.9 cm³/mol. The van der Waals surface area contributed by atoms with Crippen LogP contribution in [0.15, 0.2) is 0 Å². The number of likely N-dealkylation sites (tertiary alicyclic amines) is 1. The van der Waals surface area contributed by atoms with Crippen molar-refractivity contribution in [1.82, 2.24) is 14.7 Å². The number of likely N-dealkylation sites (N-methyl/N-ethyl adjacent to an activating group) is 1. The summed E-state index contributed by atoms with van der Waals surface area (Å²) in [5.41, 5.74) is -0.496. The molecule has 142 valence electrons. The molecule has 0 aromatic carbocycles. The summed E-state index contributed by atoms with van der Waals surface area (Å²) in [5.74, 6) is 0.375. The fourth-order valence-electron chi connectivity index (χ4n) is 2.90. The van der Waals surface area contributed by atoms with Gasteiger partial charge in [0.2, 0.25) is 5.91 Å². The van der Waals surface area contributed by atoms with Crippen molar-refractivity contribution < 1.29 is 14.3 Å². The zero-order chi connectivity index (χ0) is 19.0. The number of nitriles is 1. The molecule has 1 rings (SSSR count). The first-order valence-corrected chi connectivity index (χ1v) is 8.89. The number of ether oxygens (including phenoxy) is 1. The van der Waals surface area contributed by atoms with Gasteiger partial charge in [-0.1, -0.05) is 0 Å². The third-order valence-electron chi connectivity index (χ3n) is 4.18. The smallest absolute Gasteiger partial charge is 0.410 e. The number of hydrogen-bond donors (Lipinski definition) is 0. The Balaban J connectivity index is 2.45. The quantitative estimate of drug-likeness (QED) is 0.730. The Kier molecular flexibility index (Phi) is 8.17. The maximum atomic E-state index is 12.2. The van der Waals surface area contributed by atoms with Gasteiger partial charge in [-0.15, -0.1) is 0 Å². The summed E-state index contributed by atoms with van der Waals surface area (Å²) in [6.07, 6.45) is 2.10. The van der Waals surface area contributed by atoms with Crippen LogP contribution in [0.2, 0.25) is 0 Å². The zero-order valence-electron chi connectivity index (χ0n) is 16.2. The van der Waals surface area contributed by atoms with Gasteiger partial charge in [0.1, 0.15) is 5.60 Å². The maximum absolute atomic E-state index is 12.2. The van der Waals surface area contributed by atoms with E-state index in [4.69, 9.17) is 10.00 Å². The van der Waals surface area contributed by atoms with Gasteiger partial charge in [-0.05, 0) is 46.1 Å². The molecule has 1 atom stereocenters. The minimum Gasteiger partial charge on any atom is -0.444 e. The number of nitrogens with zero attached hydrogens (tertiary/aromatic N) is 4. The highest BCUT2D eigenvalue weighted by Gasteiger charge is 2.26. The molecule has 0 aliphatic carbocycles. The molecule has 25 heavy (non-hydrogen) atoms. The number of piperidine rings is 1. The van der Waals surface area contributed by atoms with Gasteiger partial charge in [0.05, 0.1) is 19.0 Å². The van der Waals surface area contributed by atoms with Crippen LogP contribution in [-0.2, 0) is 9.53 Å². The van der Waals surface area contributed by atoms with E-state index in [2.05, 4.69) is 11.0 Å². The summed E-state index contributed by atoms with van der Waals surface area (Å²) in [6, 6.07) is 2.06. The lowest BCUT2D eigenvalue weighted by Crippen LogP contribution is -2.46. The molecule has 0 bridgehead atoms. The van der Waals surface area contributed by atoms with Crippen molar-refractivity contribution in [2.75, 3.05) is 46.8 Å². The van der Waals surface area contributed by atoms with Crippen molar-refractivity contribution in [3.8, 4) is 6.07 Å². The average molecular weight is 352 g/mol. The Morgan fingerprint density at radius 3 is 2.56 bits per heavy atom. The van der Waals surface area contributed by atoms with Gasteiger partial charge in [-0.2, -0.15) is 5.26 Å². The average Bonchev–Trinajstić information content (AvgIpc) is 2.51. The first-order valence-electron chi connectivity index (χ1n) is 8.89. The highest BCUT2D eigenvalue weighted by Crippen LogP contribution is 2.18. The Hall–Kier alpha value is -1.81. The SMILES string of the molecule is CN(CCC#N)C(=O)CN1CCCC(CN(C)C(=O)OC(C)(C)C)C1. The molecule has 0 spiro atoms. The largest absolute Gasteiger partial charge is 0.444 e. The van der Waals surface area contributed by atoms with Gasteiger partial charge in [0.25, 0.3) is 0 Å². The van der Waals surface area contributed by atoms with Gasteiger partial charge in [0.15, 0.2) is 0 Å². The van der Waals surface area contributed by atoms with E-state index in [1.165, 1.54) is 0 Å². The van der Waals surface area contributed by atoms with E-state index >= 15 is 0 Å². The van der Waals surface area contributed by atoms with Gasteiger partial charge < -0.3 is 14.5 Å². The summed E-state index contributed by atoms with van der Waals surface area (Å²) >= 11 is 0. The molecular weight excluding hydrogens is 320 g/mol. The highest BCUT2D eigenvalue weighted by atomic mass is 16.6. The fraction of sp³-hybridized carbons (Fsp3) is 0.833. The molecule has 1 saturated heterocycles. The van der Waals surface area contributed by atoms with Crippen LogP contribution < -0.4 is 0 Å². The van der Waals surface area contributed by atoms with Crippen LogP contribution in [0, 0.1) is 17.2 Å². The zero-order valence-corrected chi connectivity index (χ0v) is 16.2. The van der Waals surface area contributed by atoms with Crippen molar-refractivity contribution in [1.29, 1.82) is 5.26 Å².